The van der Waals surface area contributed by atoms with E-state index >= 15 is 0 Å². The van der Waals surface area contributed by atoms with E-state index in [0.29, 0.717) is 36.0 Å². The zero-order valence-electron chi connectivity index (χ0n) is 20.5. The first kappa shape index (κ1) is 26.4. The molecule has 4 rings (SSSR count). The quantitative estimate of drug-likeness (QED) is 0.201. The van der Waals surface area contributed by atoms with Crippen LogP contribution in [-0.4, -0.2) is 37.1 Å². The van der Waals surface area contributed by atoms with Crippen LogP contribution in [-0.2, 0) is 9.59 Å². The maximum Gasteiger partial charge on any atom is 0.300 e. The minimum absolute atomic E-state index is 0.103. The van der Waals surface area contributed by atoms with Crippen LogP contribution in [0.15, 0.2) is 66.2 Å². The molecular weight excluding hydrogens is 517 g/mol. The Balaban J connectivity index is 1.92. The molecule has 9 heteroatoms. The van der Waals surface area contributed by atoms with Crippen LogP contribution in [0.25, 0.3) is 5.76 Å². The second-order valence-corrected chi connectivity index (χ2v) is 8.89. The van der Waals surface area contributed by atoms with Gasteiger partial charge in [0.1, 0.15) is 17.3 Å². The van der Waals surface area contributed by atoms with Gasteiger partial charge in [-0.15, -0.1) is 0 Å². The minimum atomic E-state index is -0.938. The Labute approximate surface area is 224 Å². The average Bonchev–Trinajstić information content (AvgIpc) is 3.14. The Bertz CT molecular complexity index is 1350. The molecule has 0 spiro atoms. The SMILES string of the molecule is CCOc1ccc(C2/C(=C(\O)c3cc(Cl)c(OC)c(Cl)c3)C(=O)C(=O)N2c2cccc(OCC)c2)cc1. The molecule has 7 nitrogen and oxygen atoms in total. The highest BCUT2D eigenvalue weighted by molar-refractivity contribution is 6.51. The number of methoxy groups -OCH3 is 1. The fraction of sp³-hybridized carbons (Fsp3) is 0.214. The van der Waals surface area contributed by atoms with Gasteiger partial charge in [-0.2, -0.15) is 0 Å². The zero-order chi connectivity index (χ0) is 26.7. The van der Waals surface area contributed by atoms with Crippen molar-refractivity contribution >= 4 is 46.3 Å². The molecule has 1 aliphatic rings. The molecular formula is C28H25Cl2NO6. The number of halogens is 2. The summed E-state index contributed by atoms with van der Waals surface area (Å²) in [4.78, 5) is 28.2. The van der Waals surface area contributed by atoms with Crippen LogP contribution in [0.2, 0.25) is 10.0 Å². The topological polar surface area (TPSA) is 85.3 Å². The lowest BCUT2D eigenvalue weighted by atomic mass is 9.95. The fourth-order valence-electron chi connectivity index (χ4n) is 4.26. The minimum Gasteiger partial charge on any atom is -0.507 e. The van der Waals surface area contributed by atoms with Crippen LogP contribution >= 0.6 is 23.2 Å². The Hall–Kier alpha value is -3.68. The molecule has 3 aromatic carbocycles. The van der Waals surface area contributed by atoms with E-state index in [0.717, 1.165) is 0 Å². The predicted molar refractivity (Wildman–Crippen MR) is 143 cm³/mol. The van der Waals surface area contributed by atoms with Crippen molar-refractivity contribution in [3.8, 4) is 17.2 Å². The van der Waals surface area contributed by atoms with Gasteiger partial charge in [0, 0.05) is 17.3 Å². The molecule has 1 atom stereocenters. The van der Waals surface area contributed by atoms with E-state index in [-0.39, 0.29) is 26.9 Å². The van der Waals surface area contributed by atoms with Crippen molar-refractivity contribution in [3.63, 3.8) is 0 Å². The first-order valence-electron chi connectivity index (χ1n) is 11.6. The standard InChI is InChI=1S/C28H25Cl2NO6/c1-4-36-19-11-9-16(10-12-19)24-23(25(32)17-13-21(29)27(35-3)22(30)14-17)26(33)28(34)31(24)18-7-6-8-20(15-18)37-5-2/h6-15,24,32H,4-5H2,1-3H3/b25-23+. The van der Waals surface area contributed by atoms with Gasteiger partial charge in [-0.05, 0) is 55.8 Å². The van der Waals surface area contributed by atoms with Gasteiger partial charge in [0.2, 0.25) is 0 Å². The summed E-state index contributed by atoms with van der Waals surface area (Å²) in [5.74, 6) is -0.638. The molecule has 1 saturated heterocycles. The number of hydrogen-bond donors (Lipinski definition) is 1. The molecule has 0 aromatic heterocycles. The van der Waals surface area contributed by atoms with Gasteiger partial charge in [-0.25, -0.2) is 0 Å². The Morgan fingerprint density at radius 1 is 0.919 bits per heavy atom. The molecule has 0 saturated carbocycles. The summed E-state index contributed by atoms with van der Waals surface area (Å²) in [6.07, 6.45) is 0. The van der Waals surface area contributed by atoms with Crippen molar-refractivity contribution in [3.05, 3.63) is 87.4 Å². The number of anilines is 1. The third kappa shape index (κ3) is 5.10. The number of benzene rings is 3. The fourth-order valence-corrected chi connectivity index (χ4v) is 4.91. The molecule has 3 aromatic rings. The van der Waals surface area contributed by atoms with Crippen LogP contribution < -0.4 is 19.1 Å². The number of carbonyl (C=O) groups excluding carboxylic acids is 2. The van der Waals surface area contributed by atoms with Crippen LogP contribution in [0.5, 0.6) is 17.2 Å². The molecule has 1 fully saturated rings. The molecule has 0 radical (unpaired) electrons. The van der Waals surface area contributed by atoms with Crippen molar-refractivity contribution in [2.45, 2.75) is 19.9 Å². The number of hydrogen-bond acceptors (Lipinski definition) is 6. The molecule has 0 aliphatic carbocycles. The number of ether oxygens (including phenoxy) is 3. The van der Waals surface area contributed by atoms with Gasteiger partial charge < -0.3 is 19.3 Å². The van der Waals surface area contributed by atoms with Crippen molar-refractivity contribution in [1.82, 2.24) is 0 Å². The van der Waals surface area contributed by atoms with Crippen molar-refractivity contribution in [1.29, 1.82) is 0 Å². The summed E-state index contributed by atoms with van der Waals surface area (Å²) in [5, 5.41) is 11.7. The summed E-state index contributed by atoms with van der Waals surface area (Å²) in [7, 11) is 1.42. The van der Waals surface area contributed by atoms with E-state index < -0.39 is 23.5 Å². The lowest BCUT2D eigenvalue weighted by molar-refractivity contribution is -0.132. The highest BCUT2D eigenvalue weighted by atomic mass is 35.5. The van der Waals surface area contributed by atoms with Crippen molar-refractivity contribution in [2.75, 3.05) is 25.2 Å². The third-order valence-corrected chi connectivity index (χ3v) is 6.40. The Morgan fingerprint density at radius 2 is 1.54 bits per heavy atom. The first-order chi connectivity index (χ1) is 17.8. The predicted octanol–water partition coefficient (Wildman–Crippen LogP) is 6.43. The summed E-state index contributed by atoms with van der Waals surface area (Å²) in [6.45, 7) is 4.65. The Kier molecular flexibility index (Phi) is 7.95. The van der Waals surface area contributed by atoms with Gasteiger partial charge in [0.15, 0.2) is 5.75 Å². The molecule has 1 aliphatic heterocycles. The first-order valence-corrected chi connectivity index (χ1v) is 12.4. The van der Waals surface area contributed by atoms with E-state index in [9.17, 15) is 14.7 Å². The molecule has 37 heavy (non-hydrogen) atoms. The molecule has 1 amide bonds. The number of nitrogens with zero attached hydrogens (tertiary/aromatic N) is 1. The molecule has 0 bridgehead atoms. The van der Waals surface area contributed by atoms with Crippen LogP contribution in [0.4, 0.5) is 5.69 Å². The number of aliphatic hydroxyl groups is 1. The lowest BCUT2D eigenvalue weighted by Gasteiger charge is -2.26. The van der Waals surface area contributed by atoms with Gasteiger partial charge in [0.05, 0.1) is 42.0 Å². The van der Waals surface area contributed by atoms with E-state index in [2.05, 4.69) is 0 Å². The second kappa shape index (κ2) is 11.2. The maximum absolute atomic E-state index is 13.4. The molecule has 1 N–H and O–H groups in total. The van der Waals surface area contributed by atoms with Gasteiger partial charge in [-0.3, -0.25) is 14.5 Å². The molecule has 192 valence electrons. The van der Waals surface area contributed by atoms with Crippen LogP contribution in [0, 0.1) is 0 Å². The normalized spacial score (nSPS) is 16.7. The number of amides is 1. The van der Waals surface area contributed by atoms with Gasteiger partial charge in [-0.1, -0.05) is 41.4 Å². The third-order valence-electron chi connectivity index (χ3n) is 5.83. The summed E-state index contributed by atoms with van der Waals surface area (Å²) < 4.78 is 16.3. The van der Waals surface area contributed by atoms with Crippen molar-refractivity contribution in [2.24, 2.45) is 0 Å². The van der Waals surface area contributed by atoms with Gasteiger partial charge in [0.25, 0.3) is 11.7 Å². The van der Waals surface area contributed by atoms with Crippen LogP contribution in [0.3, 0.4) is 0 Å². The number of carbonyl (C=O) groups is 2. The highest BCUT2D eigenvalue weighted by Crippen LogP contribution is 2.44. The number of ketones is 1. The van der Waals surface area contributed by atoms with E-state index in [1.54, 1.807) is 48.5 Å². The average molecular weight is 542 g/mol. The number of Topliss-reactive ketones (excluding diaryl/α,β-unsaturated/α-hetero) is 1. The largest absolute Gasteiger partial charge is 0.507 e. The Morgan fingerprint density at radius 3 is 2.14 bits per heavy atom. The van der Waals surface area contributed by atoms with Crippen molar-refractivity contribution < 1.29 is 28.9 Å². The molecule has 1 heterocycles. The summed E-state index contributed by atoms with van der Waals surface area (Å²) in [6, 6.07) is 15.8. The van der Waals surface area contributed by atoms with E-state index in [1.165, 1.54) is 24.1 Å². The number of rotatable bonds is 8. The smallest absolute Gasteiger partial charge is 0.300 e. The summed E-state index contributed by atoms with van der Waals surface area (Å²) >= 11 is 12.6. The zero-order valence-corrected chi connectivity index (χ0v) is 22.0. The highest BCUT2D eigenvalue weighted by Gasteiger charge is 2.47. The lowest BCUT2D eigenvalue weighted by Crippen LogP contribution is -2.29. The monoisotopic (exact) mass is 541 g/mol. The van der Waals surface area contributed by atoms with Crippen LogP contribution in [0.1, 0.15) is 31.0 Å². The maximum atomic E-state index is 13.4. The second-order valence-electron chi connectivity index (χ2n) is 8.07. The van der Waals surface area contributed by atoms with E-state index in [4.69, 9.17) is 37.4 Å². The van der Waals surface area contributed by atoms with Gasteiger partial charge >= 0.3 is 0 Å². The van der Waals surface area contributed by atoms with E-state index in [1.807, 2.05) is 13.8 Å². The molecule has 1 unspecified atom stereocenters. The summed E-state index contributed by atoms with van der Waals surface area (Å²) in [5.41, 5.74) is 1.11. The number of aliphatic hydroxyl groups excluding tert-OH is 1.